The highest BCUT2D eigenvalue weighted by molar-refractivity contribution is 7.86. The van der Waals surface area contributed by atoms with Gasteiger partial charge in [-0.15, -0.1) is 5.06 Å². The Balaban J connectivity index is 1.65. The Labute approximate surface area is 359 Å². The summed E-state index contributed by atoms with van der Waals surface area (Å²) in [5.74, 6) is -3.48. The third-order valence-electron chi connectivity index (χ3n) is 11.2. The van der Waals surface area contributed by atoms with E-state index in [2.05, 4.69) is 0 Å². The van der Waals surface area contributed by atoms with E-state index in [1.807, 2.05) is 4.90 Å². The fraction of sp³-hybridized carbons (Fsp3) is 0.474. The molecule has 2 atom stereocenters. The number of hydrogen-bond donors (Lipinski definition) is 4. The van der Waals surface area contributed by atoms with Crippen LogP contribution in [0.4, 0.5) is 11.4 Å². The zero-order valence-electron chi connectivity index (χ0n) is 34.0. The number of imide groups is 1. The third kappa shape index (κ3) is 11.0. The molecule has 24 heteroatoms. The summed E-state index contributed by atoms with van der Waals surface area (Å²) in [4.78, 5) is 42.8. The van der Waals surface area contributed by atoms with Crippen LogP contribution in [-0.4, -0.2) is 123 Å². The monoisotopic (exact) mass is 946 g/mol. The van der Waals surface area contributed by atoms with E-state index in [0.29, 0.717) is 39.0 Å². The summed E-state index contributed by atoms with van der Waals surface area (Å²) in [6, 6.07) is 7.82. The predicted octanol–water partition coefficient (Wildman–Crippen LogP) is 3.12. The topological polar surface area (TPSA) is 297 Å². The average molecular weight is 947 g/mol. The van der Waals surface area contributed by atoms with Crippen LogP contribution in [0.5, 0.6) is 0 Å². The first-order valence-corrected chi connectivity index (χ1v) is 25.3. The summed E-state index contributed by atoms with van der Waals surface area (Å²) in [5.41, 5.74) is 0.259. The minimum atomic E-state index is -4.75. The van der Waals surface area contributed by atoms with Crippen LogP contribution in [0.1, 0.15) is 76.3 Å². The molecule has 3 aliphatic heterocycles. The Bertz CT molecular complexity index is 2680. The van der Waals surface area contributed by atoms with Crippen molar-refractivity contribution < 1.29 is 80.4 Å². The van der Waals surface area contributed by atoms with Crippen molar-refractivity contribution in [3.8, 4) is 0 Å². The van der Waals surface area contributed by atoms with Crippen molar-refractivity contribution in [2.24, 2.45) is 0 Å². The Morgan fingerprint density at radius 1 is 0.790 bits per heavy atom. The second-order valence-electron chi connectivity index (χ2n) is 15.5. The van der Waals surface area contributed by atoms with Gasteiger partial charge in [0.1, 0.15) is 6.54 Å². The van der Waals surface area contributed by atoms with Crippen molar-refractivity contribution >= 4 is 75.3 Å². The lowest BCUT2D eigenvalue weighted by Crippen LogP contribution is -2.33. The van der Waals surface area contributed by atoms with Gasteiger partial charge in [0.05, 0.1) is 39.7 Å². The van der Waals surface area contributed by atoms with Crippen LogP contribution >= 0.6 is 0 Å². The van der Waals surface area contributed by atoms with E-state index in [1.54, 1.807) is 36.7 Å². The molecule has 0 bridgehead atoms. The number of methoxy groups -OCH3 is 1. The van der Waals surface area contributed by atoms with Crippen molar-refractivity contribution in [1.29, 1.82) is 0 Å². The number of nitrogens with zero attached hydrogens (tertiary/aromatic N) is 3. The molecule has 62 heavy (non-hydrogen) atoms. The molecule has 3 aliphatic rings. The third-order valence-corrected chi connectivity index (χ3v) is 14.5. The number of fused-ring (bicyclic) bond motifs is 2. The van der Waals surface area contributed by atoms with E-state index in [-0.39, 0.29) is 71.1 Å². The van der Waals surface area contributed by atoms with Gasteiger partial charge in [0.2, 0.25) is 5.69 Å². The van der Waals surface area contributed by atoms with Crippen molar-refractivity contribution in [3.63, 3.8) is 0 Å². The number of carbonyl (C=O) groups is 3. The van der Waals surface area contributed by atoms with Crippen LogP contribution in [0.2, 0.25) is 0 Å². The van der Waals surface area contributed by atoms with Gasteiger partial charge >= 0.3 is 5.97 Å². The molecule has 0 saturated carbocycles. The molecule has 1 fully saturated rings. The lowest BCUT2D eigenvalue weighted by atomic mass is 9.75. The standard InChI is InChI=1S/C38H47N3O17S4/c1-37(17-6-22-59(45,46)47)28-24-26(61(51,52)53)11-13-30(28)39(19-5-10-36(44)58-41-34(42)15-16-35(41)43)32(37)8-4-9-33-38(2,18-7-23-60(48,49)50)29-25-27(62(54,55)56)12-14-31(29)40(33)20-21-57-3/h4,8-9,11-14,24-25H,5-7,10,15-23H2,1-3H3,(H3-,45,46,47,48,49,50,51,52,53,54,55,56)/p+1. The maximum Gasteiger partial charge on any atom is 0.333 e. The molecule has 3 heterocycles. The van der Waals surface area contributed by atoms with E-state index in [9.17, 15) is 66.3 Å². The zero-order valence-corrected chi connectivity index (χ0v) is 37.2. The van der Waals surface area contributed by atoms with Gasteiger partial charge in [0, 0.05) is 67.4 Å². The van der Waals surface area contributed by atoms with Crippen LogP contribution in [0.25, 0.3) is 0 Å². The molecular formula is C38H48N3O17S4+. The molecule has 2 amide bonds. The first-order valence-electron chi connectivity index (χ1n) is 19.2. The molecule has 1 saturated heterocycles. The van der Waals surface area contributed by atoms with Gasteiger partial charge in [-0.05, 0) is 81.5 Å². The fourth-order valence-corrected chi connectivity index (χ4v) is 10.2. The molecule has 340 valence electrons. The van der Waals surface area contributed by atoms with E-state index in [4.69, 9.17) is 9.57 Å². The molecule has 5 rings (SSSR count). The molecule has 0 aromatic heterocycles. The van der Waals surface area contributed by atoms with E-state index in [0.717, 1.165) is 6.07 Å². The maximum absolute atomic E-state index is 12.8. The normalized spacial score (nSPS) is 21.4. The number of anilines is 1. The van der Waals surface area contributed by atoms with Gasteiger partial charge in [0.15, 0.2) is 5.71 Å². The first-order chi connectivity index (χ1) is 28.7. The van der Waals surface area contributed by atoms with Crippen molar-refractivity contribution in [1.82, 2.24) is 5.06 Å². The molecule has 4 N–H and O–H groups in total. The molecule has 2 aromatic rings. The van der Waals surface area contributed by atoms with Gasteiger partial charge in [-0.3, -0.25) is 27.8 Å². The van der Waals surface area contributed by atoms with E-state index >= 15 is 0 Å². The Hall–Kier alpha value is -4.40. The quantitative estimate of drug-likeness (QED) is 0.0842. The Morgan fingerprint density at radius 3 is 1.89 bits per heavy atom. The summed E-state index contributed by atoms with van der Waals surface area (Å²) in [6.45, 7) is 3.86. The number of hydrogen-bond acceptors (Lipinski definition) is 14. The summed E-state index contributed by atoms with van der Waals surface area (Å²) in [5, 5.41) is 0.418. The van der Waals surface area contributed by atoms with Gasteiger partial charge < -0.3 is 14.5 Å². The van der Waals surface area contributed by atoms with E-state index < -0.39 is 90.4 Å². The lowest BCUT2D eigenvalue weighted by Gasteiger charge is -2.30. The molecule has 2 unspecified atom stereocenters. The van der Waals surface area contributed by atoms with Crippen LogP contribution < -0.4 is 4.90 Å². The fourth-order valence-electron chi connectivity index (χ4n) is 8.21. The highest BCUT2D eigenvalue weighted by Gasteiger charge is 2.49. The number of carbonyl (C=O) groups excluding carboxylic acids is 3. The lowest BCUT2D eigenvalue weighted by molar-refractivity contribution is -0.438. The highest BCUT2D eigenvalue weighted by Crippen LogP contribution is 2.51. The predicted molar refractivity (Wildman–Crippen MR) is 221 cm³/mol. The smallest absolute Gasteiger partial charge is 0.333 e. The van der Waals surface area contributed by atoms with Gasteiger partial charge in [0.25, 0.3) is 52.3 Å². The molecule has 0 spiro atoms. The van der Waals surface area contributed by atoms with Crippen LogP contribution in [0.3, 0.4) is 0 Å². The van der Waals surface area contributed by atoms with Crippen LogP contribution in [0.15, 0.2) is 70.1 Å². The minimum absolute atomic E-state index is 0.000145. The van der Waals surface area contributed by atoms with E-state index in [1.165, 1.54) is 37.4 Å². The van der Waals surface area contributed by atoms with Crippen molar-refractivity contribution in [2.45, 2.75) is 85.8 Å². The van der Waals surface area contributed by atoms with Gasteiger partial charge in [-0.2, -0.15) is 38.2 Å². The zero-order chi connectivity index (χ0) is 46.1. The van der Waals surface area contributed by atoms with Crippen molar-refractivity contribution in [2.75, 3.05) is 43.2 Å². The summed E-state index contributed by atoms with van der Waals surface area (Å²) in [6.07, 6.45) is 4.35. The van der Waals surface area contributed by atoms with Crippen LogP contribution in [-0.2, 0) is 75.3 Å². The highest BCUT2D eigenvalue weighted by atomic mass is 32.2. The number of amides is 2. The number of benzene rings is 2. The van der Waals surface area contributed by atoms with Crippen molar-refractivity contribution in [3.05, 3.63) is 71.5 Å². The second-order valence-corrected chi connectivity index (χ2v) is 21.5. The molecule has 0 aliphatic carbocycles. The van der Waals surface area contributed by atoms with Gasteiger partial charge in [-0.1, -0.05) is 6.08 Å². The number of allylic oxidation sites excluding steroid dienone is 4. The molecule has 2 aromatic carbocycles. The molecule has 0 radical (unpaired) electrons. The summed E-state index contributed by atoms with van der Waals surface area (Å²) in [7, 11) is -16.8. The Morgan fingerprint density at radius 2 is 1.34 bits per heavy atom. The number of rotatable bonds is 20. The number of ether oxygens (including phenoxy) is 1. The maximum atomic E-state index is 12.8. The first kappa shape index (κ1) is 48.6. The average Bonchev–Trinajstić information content (AvgIpc) is 3.68. The summed E-state index contributed by atoms with van der Waals surface area (Å²) >= 11 is 0. The Kier molecular flexibility index (Phi) is 14.4. The SMILES string of the molecule is COCCN1/C(=C/C=C/C2=[N+](CCCC(=O)ON3C(=O)CCC3=O)c3ccc(S(=O)(=O)O)cc3C2(C)CCCS(=O)(=O)O)C(C)(CCCS(=O)(=O)O)c2cc(S(=O)(=O)O)ccc21. The molecule has 20 nitrogen and oxygen atoms in total. The molecular weight excluding hydrogens is 899 g/mol. The second kappa shape index (κ2) is 18.4. The largest absolute Gasteiger partial charge is 0.383 e. The number of hydroxylamine groups is 2. The van der Waals surface area contributed by atoms with Gasteiger partial charge in [-0.25, -0.2) is 4.79 Å². The summed E-state index contributed by atoms with van der Waals surface area (Å²) < 4.78 is 143. The van der Waals surface area contributed by atoms with Crippen LogP contribution in [0, 0.1) is 0 Å². The minimum Gasteiger partial charge on any atom is -0.383 e.